The van der Waals surface area contributed by atoms with Crippen LogP contribution in [0, 0.1) is 0 Å². The van der Waals surface area contributed by atoms with E-state index in [2.05, 4.69) is 0 Å². The zero-order valence-corrected chi connectivity index (χ0v) is 20.6. The summed E-state index contributed by atoms with van der Waals surface area (Å²) in [5, 5.41) is 0. The van der Waals surface area contributed by atoms with E-state index >= 15 is 0 Å². The fourth-order valence-corrected chi connectivity index (χ4v) is 4.60. The Kier molecular flexibility index (Phi) is 7.27. The number of halogens is 9. The number of hydrogen-bond acceptors (Lipinski definition) is 4. The van der Waals surface area contributed by atoms with Crippen molar-refractivity contribution in [1.29, 1.82) is 0 Å². The van der Waals surface area contributed by atoms with Crippen LogP contribution in [0.4, 0.5) is 56.6 Å². The molecule has 0 unspecified atom stereocenters. The maximum absolute atomic E-state index is 14.7. The van der Waals surface area contributed by atoms with Gasteiger partial charge >= 0.3 is 18.5 Å². The topological polar surface area (TPSA) is 87.3 Å². The average molecular weight is 585 g/mol. The molecule has 0 atom stereocenters. The second-order valence-corrected chi connectivity index (χ2v) is 9.06. The minimum Gasteiger partial charge on any atom is -0.457 e. The first-order chi connectivity index (χ1) is 18.9. The van der Waals surface area contributed by atoms with Crippen LogP contribution < -0.4 is 21.9 Å². The van der Waals surface area contributed by atoms with E-state index in [1.807, 2.05) is 0 Å². The van der Waals surface area contributed by atoms with E-state index in [1.54, 1.807) is 0 Å². The lowest BCUT2D eigenvalue weighted by atomic mass is 9.70. The lowest BCUT2D eigenvalue weighted by Crippen LogP contribution is -2.55. The summed E-state index contributed by atoms with van der Waals surface area (Å²) in [5.41, 5.74) is 7.47. The Bertz CT molecular complexity index is 1550. The smallest absolute Gasteiger partial charge is 0.416 e. The highest BCUT2D eigenvalue weighted by molar-refractivity contribution is 5.82. The number of rotatable bonds is 5. The van der Waals surface area contributed by atoms with Gasteiger partial charge in [-0.15, -0.1) is 0 Å². The van der Waals surface area contributed by atoms with E-state index in [0.717, 1.165) is 54.6 Å². The summed E-state index contributed by atoms with van der Waals surface area (Å²) in [7, 11) is 0. The fourth-order valence-electron chi connectivity index (χ4n) is 4.60. The Morgan fingerprint density at radius 2 is 1.12 bits per heavy atom. The van der Waals surface area contributed by atoms with Crippen molar-refractivity contribution < 1.29 is 44.3 Å². The van der Waals surface area contributed by atoms with Gasteiger partial charge < -0.3 is 21.9 Å². The van der Waals surface area contributed by atoms with Crippen LogP contribution in [0.2, 0.25) is 0 Å². The first-order valence-corrected chi connectivity index (χ1v) is 11.6. The van der Waals surface area contributed by atoms with Crippen molar-refractivity contribution in [3.05, 3.63) is 102 Å². The molecule has 6 N–H and O–H groups in total. The van der Waals surface area contributed by atoms with E-state index in [1.165, 1.54) is 0 Å². The normalized spacial score (nSPS) is 12.8. The summed E-state index contributed by atoms with van der Waals surface area (Å²) >= 11 is 0. The van der Waals surface area contributed by atoms with Crippen LogP contribution in [0.3, 0.4) is 0 Å². The molecule has 0 aliphatic heterocycles. The van der Waals surface area contributed by atoms with E-state index in [9.17, 15) is 39.5 Å². The van der Waals surface area contributed by atoms with Crippen LogP contribution in [0.15, 0.2) is 84.9 Å². The van der Waals surface area contributed by atoms with Crippen molar-refractivity contribution in [2.75, 3.05) is 17.2 Å². The number of ether oxygens (including phenoxy) is 1. The predicted octanol–water partition coefficient (Wildman–Crippen LogP) is 8.32. The molecule has 0 aliphatic rings. The van der Waals surface area contributed by atoms with Crippen LogP contribution in [0.5, 0.6) is 11.5 Å². The Morgan fingerprint density at radius 1 is 0.537 bits per heavy atom. The molecule has 0 spiro atoms. The second kappa shape index (κ2) is 10.1. The molecule has 0 radical (unpaired) electrons. The van der Waals surface area contributed by atoms with Crippen LogP contribution in [-0.2, 0) is 11.6 Å². The zero-order chi connectivity index (χ0) is 30.4. The minimum absolute atomic E-state index is 0.0720. The van der Waals surface area contributed by atoms with Crippen LogP contribution in [-0.4, -0.2) is 12.4 Å². The summed E-state index contributed by atoms with van der Waals surface area (Å²) in [6.07, 6.45) is -16.5. The number of hydrogen-bond donors (Lipinski definition) is 3. The number of alkyl halides is 9. The maximum Gasteiger partial charge on any atom is 0.416 e. The highest BCUT2D eigenvalue weighted by atomic mass is 19.4. The fraction of sp³-hybridized carbons (Fsp3) is 0.143. The highest BCUT2D eigenvalue weighted by Gasteiger charge is 2.73. The third kappa shape index (κ3) is 5.43. The largest absolute Gasteiger partial charge is 0.457 e. The Labute approximate surface area is 227 Å². The van der Waals surface area contributed by atoms with Gasteiger partial charge in [-0.3, -0.25) is 0 Å². The molecule has 0 aromatic heterocycles. The first kappa shape index (κ1) is 29.4. The molecule has 41 heavy (non-hydrogen) atoms. The van der Waals surface area contributed by atoms with Gasteiger partial charge in [-0.1, -0.05) is 36.4 Å². The minimum atomic E-state index is -5.89. The summed E-state index contributed by atoms with van der Waals surface area (Å²) in [5.74, 6) is -0.364. The van der Waals surface area contributed by atoms with Gasteiger partial charge in [0.2, 0.25) is 5.41 Å². The van der Waals surface area contributed by atoms with Gasteiger partial charge in [0.05, 0.1) is 5.56 Å². The quantitative estimate of drug-likeness (QED) is 0.162. The predicted molar refractivity (Wildman–Crippen MR) is 136 cm³/mol. The molecule has 0 bridgehead atoms. The van der Waals surface area contributed by atoms with Gasteiger partial charge in [0.25, 0.3) is 0 Å². The Hall–Kier alpha value is -4.55. The van der Waals surface area contributed by atoms with E-state index in [-0.39, 0.29) is 34.1 Å². The zero-order valence-electron chi connectivity index (χ0n) is 20.6. The van der Waals surface area contributed by atoms with Gasteiger partial charge in [-0.05, 0) is 59.2 Å². The molecule has 4 aromatic carbocycles. The van der Waals surface area contributed by atoms with E-state index in [4.69, 9.17) is 21.9 Å². The molecule has 0 saturated carbocycles. The van der Waals surface area contributed by atoms with Crippen molar-refractivity contribution >= 4 is 17.1 Å². The Balaban J connectivity index is 1.87. The first-order valence-electron chi connectivity index (χ1n) is 11.6. The van der Waals surface area contributed by atoms with E-state index in [0.29, 0.717) is 30.3 Å². The van der Waals surface area contributed by atoms with Crippen molar-refractivity contribution in [1.82, 2.24) is 0 Å². The molecule has 0 aliphatic carbocycles. The summed E-state index contributed by atoms with van der Waals surface area (Å²) < 4.78 is 133. The van der Waals surface area contributed by atoms with Gasteiger partial charge in [-0.25, -0.2) is 0 Å². The molecular formula is C28H20F9N3O. The van der Waals surface area contributed by atoms with Crippen LogP contribution >= 0.6 is 0 Å². The van der Waals surface area contributed by atoms with Crippen LogP contribution in [0.1, 0.15) is 16.7 Å². The SMILES string of the molecule is Nc1cc(Oc2ccc(-c3c(N)cccc3C(c3cccc(N)c3)(C(F)(F)F)C(F)(F)F)cc2)cc(C(F)(F)F)c1. The average Bonchev–Trinajstić information content (AvgIpc) is 2.83. The summed E-state index contributed by atoms with van der Waals surface area (Å²) in [4.78, 5) is 0. The monoisotopic (exact) mass is 585 g/mol. The van der Waals surface area contributed by atoms with Gasteiger partial charge in [-0.2, -0.15) is 39.5 Å². The van der Waals surface area contributed by atoms with Crippen molar-refractivity contribution in [3.63, 3.8) is 0 Å². The summed E-state index contributed by atoms with van der Waals surface area (Å²) in [6.45, 7) is 0. The third-order valence-electron chi connectivity index (χ3n) is 6.31. The number of nitrogens with two attached hydrogens (primary N) is 3. The standard InChI is InChI=1S/C28H20F9N3O/c29-26(30,31)17-12-19(39)14-21(13-17)41-20-9-7-15(8-10-20)24-22(5-2-6-23(24)40)25(27(32,33)34,28(35,36)37)16-3-1-4-18(38)11-16/h1-14H,38-40H2. The molecule has 0 saturated heterocycles. The molecular weight excluding hydrogens is 565 g/mol. The van der Waals surface area contributed by atoms with Crippen molar-refractivity contribution in [3.8, 4) is 22.6 Å². The van der Waals surface area contributed by atoms with Gasteiger partial charge in [0.15, 0.2) is 0 Å². The number of anilines is 3. The van der Waals surface area contributed by atoms with Crippen molar-refractivity contribution in [2.45, 2.75) is 23.9 Å². The lowest BCUT2D eigenvalue weighted by Gasteiger charge is -2.39. The molecule has 4 nitrogen and oxygen atoms in total. The van der Waals surface area contributed by atoms with Gasteiger partial charge in [0.1, 0.15) is 11.5 Å². The lowest BCUT2D eigenvalue weighted by molar-refractivity contribution is -0.288. The molecule has 0 fully saturated rings. The highest BCUT2D eigenvalue weighted by Crippen LogP contribution is 2.58. The molecule has 0 heterocycles. The second-order valence-electron chi connectivity index (χ2n) is 9.06. The third-order valence-corrected chi connectivity index (χ3v) is 6.31. The number of benzene rings is 4. The molecule has 13 heteroatoms. The molecule has 4 aromatic rings. The van der Waals surface area contributed by atoms with Crippen molar-refractivity contribution in [2.24, 2.45) is 0 Å². The van der Waals surface area contributed by atoms with Crippen LogP contribution in [0.25, 0.3) is 11.1 Å². The van der Waals surface area contributed by atoms with Gasteiger partial charge in [0, 0.05) is 28.7 Å². The Morgan fingerprint density at radius 3 is 1.68 bits per heavy atom. The molecule has 4 rings (SSSR count). The maximum atomic E-state index is 14.7. The summed E-state index contributed by atoms with van der Waals surface area (Å²) in [6, 6.07) is 13.3. The molecule has 216 valence electrons. The number of nitrogen functional groups attached to an aromatic ring is 3. The molecule has 0 amide bonds. The van der Waals surface area contributed by atoms with E-state index < -0.39 is 46.2 Å².